The molecule has 5 nitrogen and oxygen atoms in total. The van der Waals surface area contributed by atoms with Crippen LogP contribution in [0.4, 0.5) is 0 Å². The number of hydrazine groups is 1. The Labute approximate surface area is 154 Å². The van der Waals surface area contributed by atoms with E-state index in [1.54, 1.807) is 0 Å². The Morgan fingerprint density at radius 2 is 2.08 bits per heavy atom. The quantitative estimate of drug-likeness (QED) is 0.921. The number of fused-ring (bicyclic) bond motifs is 1. The number of nitrogens with zero attached hydrogens (tertiary/aromatic N) is 3. The Kier molecular flexibility index (Phi) is 5.00. The van der Waals surface area contributed by atoms with Gasteiger partial charge in [-0.3, -0.25) is 9.74 Å². The van der Waals surface area contributed by atoms with Crippen molar-refractivity contribution in [3.05, 3.63) is 59.7 Å². The van der Waals surface area contributed by atoms with Gasteiger partial charge in [0.2, 0.25) is 0 Å². The molecule has 2 unspecified atom stereocenters. The Bertz CT molecular complexity index is 801. The van der Waals surface area contributed by atoms with Crippen LogP contribution < -0.4 is 5.43 Å². The summed E-state index contributed by atoms with van der Waals surface area (Å²) in [5.41, 5.74) is 7.41. The standard InChI is InChI=1S/C21H24N4O/c1-2-25-23-20-10-11-24(15-21(20)26-25)14-16-8-9-19(18(12-16)13-22)17-6-4-3-5-7-17/h3-9,12,20-21,23H,2,10-11,14-15H2,1H3. The number of hydrogen-bond donors (Lipinski definition) is 1. The van der Waals surface area contributed by atoms with Crippen molar-refractivity contribution in [1.82, 2.24) is 15.5 Å². The van der Waals surface area contributed by atoms with Gasteiger partial charge in [-0.2, -0.15) is 5.26 Å². The predicted molar refractivity (Wildman–Crippen MR) is 101 cm³/mol. The number of benzene rings is 2. The fraction of sp³-hybridized carbons (Fsp3) is 0.381. The third-order valence-corrected chi connectivity index (χ3v) is 5.20. The second-order valence-electron chi connectivity index (χ2n) is 6.96. The summed E-state index contributed by atoms with van der Waals surface area (Å²) in [4.78, 5) is 8.35. The average Bonchev–Trinajstić information content (AvgIpc) is 3.11. The van der Waals surface area contributed by atoms with Crippen molar-refractivity contribution in [3.8, 4) is 17.2 Å². The number of hydroxylamine groups is 1. The van der Waals surface area contributed by atoms with Gasteiger partial charge in [0.1, 0.15) is 6.10 Å². The van der Waals surface area contributed by atoms with Gasteiger partial charge in [0.15, 0.2) is 0 Å². The van der Waals surface area contributed by atoms with Gasteiger partial charge in [0.05, 0.1) is 17.7 Å². The molecule has 2 saturated heterocycles. The summed E-state index contributed by atoms with van der Waals surface area (Å²) in [6, 6.07) is 19.1. The second kappa shape index (κ2) is 7.56. The van der Waals surface area contributed by atoms with E-state index < -0.39 is 0 Å². The van der Waals surface area contributed by atoms with E-state index in [0.29, 0.717) is 6.04 Å². The predicted octanol–water partition coefficient (Wildman–Crippen LogP) is 2.94. The number of nitrogens with one attached hydrogen (secondary N) is 1. The summed E-state index contributed by atoms with van der Waals surface area (Å²) in [5, 5.41) is 11.4. The molecule has 2 aromatic carbocycles. The van der Waals surface area contributed by atoms with Crippen molar-refractivity contribution >= 4 is 0 Å². The Morgan fingerprint density at radius 1 is 1.23 bits per heavy atom. The van der Waals surface area contributed by atoms with Crippen molar-refractivity contribution in [2.24, 2.45) is 0 Å². The second-order valence-corrected chi connectivity index (χ2v) is 6.96. The molecule has 0 spiro atoms. The summed E-state index contributed by atoms with van der Waals surface area (Å²) in [5.74, 6) is 0. The SMILES string of the molecule is CCN1NC2CCN(Cc3ccc(-c4ccccc4)c(C#N)c3)CC2O1. The Hall–Kier alpha value is -2.23. The molecule has 0 radical (unpaired) electrons. The van der Waals surface area contributed by atoms with Crippen molar-refractivity contribution in [3.63, 3.8) is 0 Å². The fourth-order valence-corrected chi connectivity index (χ4v) is 3.83. The molecule has 0 amide bonds. The monoisotopic (exact) mass is 348 g/mol. The molecule has 2 aliphatic rings. The van der Waals surface area contributed by atoms with E-state index in [1.807, 2.05) is 41.6 Å². The molecule has 2 aliphatic heterocycles. The summed E-state index contributed by atoms with van der Waals surface area (Å²) in [6.45, 7) is 5.73. The zero-order valence-electron chi connectivity index (χ0n) is 15.1. The lowest BCUT2D eigenvalue weighted by Crippen LogP contribution is -2.47. The molecule has 2 atom stereocenters. The smallest absolute Gasteiger partial charge is 0.110 e. The summed E-state index contributed by atoms with van der Waals surface area (Å²) in [7, 11) is 0. The van der Waals surface area contributed by atoms with Crippen LogP contribution in [-0.2, 0) is 11.4 Å². The highest BCUT2D eigenvalue weighted by Gasteiger charge is 2.37. The molecule has 26 heavy (non-hydrogen) atoms. The van der Waals surface area contributed by atoms with E-state index in [-0.39, 0.29) is 6.10 Å². The third kappa shape index (κ3) is 3.50. The van der Waals surface area contributed by atoms with Crippen LogP contribution >= 0.6 is 0 Å². The number of rotatable bonds is 4. The third-order valence-electron chi connectivity index (χ3n) is 5.20. The van der Waals surface area contributed by atoms with Crippen molar-refractivity contribution in [2.75, 3.05) is 19.6 Å². The maximum Gasteiger partial charge on any atom is 0.110 e. The van der Waals surface area contributed by atoms with Gasteiger partial charge in [0.25, 0.3) is 0 Å². The summed E-state index contributed by atoms with van der Waals surface area (Å²) < 4.78 is 0. The molecule has 4 rings (SSSR count). The van der Waals surface area contributed by atoms with Crippen LogP contribution in [0, 0.1) is 11.3 Å². The molecular weight excluding hydrogens is 324 g/mol. The Morgan fingerprint density at radius 3 is 2.85 bits per heavy atom. The first-order valence-electron chi connectivity index (χ1n) is 9.28. The van der Waals surface area contributed by atoms with E-state index in [0.717, 1.165) is 49.3 Å². The lowest BCUT2D eigenvalue weighted by Gasteiger charge is -2.32. The molecular formula is C21H24N4O. The lowest BCUT2D eigenvalue weighted by molar-refractivity contribution is -0.170. The number of hydrogen-bond acceptors (Lipinski definition) is 5. The lowest BCUT2D eigenvalue weighted by atomic mass is 9.97. The zero-order chi connectivity index (χ0) is 17.9. The van der Waals surface area contributed by atoms with Crippen LogP contribution in [0.3, 0.4) is 0 Å². The minimum Gasteiger partial charge on any atom is -0.296 e. The highest BCUT2D eigenvalue weighted by Crippen LogP contribution is 2.26. The molecule has 2 heterocycles. The highest BCUT2D eigenvalue weighted by molar-refractivity contribution is 5.70. The number of likely N-dealkylation sites (tertiary alicyclic amines) is 1. The van der Waals surface area contributed by atoms with Crippen molar-refractivity contribution in [1.29, 1.82) is 5.26 Å². The minimum atomic E-state index is 0.211. The molecule has 0 aromatic heterocycles. The van der Waals surface area contributed by atoms with Crippen molar-refractivity contribution < 1.29 is 4.84 Å². The average molecular weight is 348 g/mol. The van der Waals surface area contributed by atoms with E-state index in [4.69, 9.17) is 4.84 Å². The van der Waals surface area contributed by atoms with Gasteiger partial charge < -0.3 is 0 Å². The van der Waals surface area contributed by atoms with Crippen molar-refractivity contribution in [2.45, 2.75) is 32.0 Å². The van der Waals surface area contributed by atoms with Crippen LogP contribution in [0.2, 0.25) is 0 Å². The van der Waals surface area contributed by atoms with Crippen LogP contribution in [-0.4, -0.2) is 41.9 Å². The van der Waals surface area contributed by atoms with Gasteiger partial charge in [-0.05, 0) is 36.1 Å². The van der Waals surface area contributed by atoms with E-state index in [1.165, 1.54) is 5.56 Å². The van der Waals surface area contributed by atoms with Crippen LogP contribution in [0.5, 0.6) is 0 Å². The molecule has 5 heteroatoms. The largest absolute Gasteiger partial charge is 0.296 e. The molecule has 2 fully saturated rings. The van der Waals surface area contributed by atoms with Crippen LogP contribution in [0.1, 0.15) is 24.5 Å². The highest BCUT2D eigenvalue weighted by atomic mass is 16.7. The van der Waals surface area contributed by atoms with Crippen LogP contribution in [0.15, 0.2) is 48.5 Å². The first-order chi connectivity index (χ1) is 12.8. The number of nitriles is 1. The Balaban J connectivity index is 1.47. The molecule has 1 N–H and O–H groups in total. The maximum absolute atomic E-state index is 9.59. The van der Waals surface area contributed by atoms with Gasteiger partial charge in [-0.1, -0.05) is 42.5 Å². The summed E-state index contributed by atoms with van der Waals surface area (Å²) >= 11 is 0. The molecule has 0 saturated carbocycles. The minimum absolute atomic E-state index is 0.211. The van der Waals surface area contributed by atoms with Gasteiger partial charge in [0, 0.05) is 26.2 Å². The van der Waals surface area contributed by atoms with Gasteiger partial charge >= 0.3 is 0 Å². The maximum atomic E-state index is 9.59. The first kappa shape index (κ1) is 17.2. The van der Waals surface area contributed by atoms with E-state index in [2.05, 4.69) is 35.5 Å². The van der Waals surface area contributed by atoms with Crippen LogP contribution in [0.25, 0.3) is 11.1 Å². The molecule has 0 aliphatic carbocycles. The fourth-order valence-electron chi connectivity index (χ4n) is 3.83. The van der Waals surface area contributed by atoms with E-state index in [9.17, 15) is 5.26 Å². The normalized spacial score (nSPS) is 23.5. The van der Waals surface area contributed by atoms with E-state index >= 15 is 0 Å². The molecule has 134 valence electrons. The van der Waals surface area contributed by atoms with Gasteiger partial charge in [-0.15, -0.1) is 5.17 Å². The first-order valence-corrected chi connectivity index (χ1v) is 9.28. The molecule has 2 aromatic rings. The zero-order valence-corrected chi connectivity index (χ0v) is 15.1. The topological polar surface area (TPSA) is 51.5 Å². The van der Waals surface area contributed by atoms with Gasteiger partial charge in [-0.25, -0.2) is 5.43 Å². The number of piperidine rings is 1. The molecule has 0 bridgehead atoms. The summed E-state index contributed by atoms with van der Waals surface area (Å²) in [6.07, 6.45) is 1.29.